The Balaban J connectivity index is 1.82. The van der Waals surface area contributed by atoms with E-state index in [4.69, 9.17) is 4.52 Å². The number of likely N-dealkylation sites (tertiary alicyclic amines) is 1. The third kappa shape index (κ3) is 3.58. The highest BCUT2D eigenvalue weighted by atomic mass is 16.5. The smallest absolute Gasteiger partial charge is 0.322 e. The lowest BCUT2D eigenvalue weighted by Gasteiger charge is -2.28. The molecule has 1 aromatic carbocycles. The SMILES string of the molecule is CCc1ccccc1NC(=O)N1CCCCC[C@@H]1c1noc(C)n1. The van der Waals surface area contributed by atoms with Gasteiger partial charge < -0.3 is 14.7 Å². The molecule has 6 heteroatoms. The molecule has 1 saturated heterocycles. The number of aryl methyl sites for hydroxylation is 2. The molecule has 1 aliphatic rings. The van der Waals surface area contributed by atoms with E-state index < -0.39 is 0 Å². The van der Waals surface area contributed by atoms with Gasteiger partial charge in [-0.05, 0) is 30.9 Å². The number of carbonyl (C=O) groups is 1. The Morgan fingerprint density at radius 3 is 2.92 bits per heavy atom. The molecule has 2 aromatic rings. The highest BCUT2D eigenvalue weighted by Gasteiger charge is 2.30. The second-order valence-electron chi connectivity index (χ2n) is 6.17. The van der Waals surface area contributed by atoms with Crippen molar-refractivity contribution in [1.29, 1.82) is 0 Å². The number of urea groups is 1. The largest absolute Gasteiger partial charge is 0.340 e. The quantitative estimate of drug-likeness (QED) is 0.921. The standard InChI is InChI=1S/C18H24N4O2/c1-3-14-9-6-7-10-15(14)20-18(23)22-12-8-4-5-11-16(22)17-19-13(2)24-21-17/h6-7,9-10,16H,3-5,8,11-12H2,1-2H3,(H,20,23)/t16-/m1/s1. The summed E-state index contributed by atoms with van der Waals surface area (Å²) in [6.45, 7) is 4.56. The van der Waals surface area contributed by atoms with E-state index in [2.05, 4.69) is 22.4 Å². The number of aromatic nitrogens is 2. The number of nitrogens with zero attached hydrogens (tertiary/aromatic N) is 3. The summed E-state index contributed by atoms with van der Waals surface area (Å²) < 4.78 is 5.12. The van der Waals surface area contributed by atoms with Crippen LogP contribution < -0.4 is 5.32 Å². The molecule has 1 aromatic heterocycles. The van der Waals surface area contributed by atoms with Gasteiger partial charge in [-0.15, -0.1) is 0 Å². The molecule has 1 fully saturated rings. The van der Waals surface area contributed by atoms with E-state index in [1.165, 1.54) is 0 Å². The summed E-state index contributed by atoms with van der Waals surface area (Å²) in [5, 5.41) is 7.11. The average Bonchev–Trinajstić information content (AvgIpc) is 2.87. The molecule has 2 heterocycles. The van der Waals surface area contributed by atoms with E-state index in [9.17, 15) is 4.79 Å². The average molecular weight is 328 g/mol. The van der Waals surface area contributed by atoms with Crippen LogP contribution in [0, 0.1) is 6.92 Å². The van der Waals surface area contributed by atoms with Gasteiger partial charge in [0, 0.05) is 19.2 Å². The van der Waals surface area contributed by atoms with E-state index in [-0.39, 0.29) is 12.1 Å². The lowest BCUT2D eigenvalue weighted by atomic mass is 10.1. The minimum Gasteiger partial charge on any atom is -0.340 e. The molecule has 0 bridgehead atoms. The van der Waals surface area contributed by atoms with Gasteiger partial charge in [-0.25, -0.2) is 4.79 Å². The zero-order valence-corrected chi connectivity index (χ0v) is 14.3. The monoisotopic (exact) mass is 328 g/mol. The summed E-state index contributed by atoms with van der Waals surface area (Å²) in [7, 11) is 0. The minimum atomic E-state index is -0.126. The van der Waals surface area contributed by atoms with E-state index in [0.29, 0.717) is 18.3 Å². The number of benzene rings is 1. The number of carbonyl (C=O) groups excluding carboxylic acids is 1. The van der Waals surface area contributed by atoms with Gasteiger partial charge in [0.1, 0.15) is 0 Å². The number of amides is 2. The molecule has 0 aliphatic carbocycles. The molecule has 1 aliphatic heterocycles. The summed E-state index contributed by atoms with van der Waals surface area (Å²) in [4.78, 5) is 19.1. The fourth-order valence-electron chi connectivity index (χ4n) is 3.21. The second kappa shape index (κ2) is 7.47. The fourth-order valence-corrected chi connectivity index (χ4v) is 3.21. The van der Waals surface area contributed by atoms with Crippen LogP contribution in [0.1, 0.15) is 55.9 Å². The maximum atomic E-state index is 12.9. The number of anilines is 1. The minimum absolute atomic E-state index is 0.0924. The normalized spacial score (nSPS) is 18.2. The highest BCUT2D eigenvalue weighted by molar-refractivity contribution is 5.90. The first-order valence-electron chi connectivity index (χ1n) is 8.64. The maximum absolute atomic E-state index is 12.9. The molecule has 3 rings (SSSR count). The van der Waals surface area contributed by atoms with Crippen molar-refractivity contribution in [3.63, 3.8) is 0 Å². The first-order valence-corrected chi connectivity index (χ1v) is 8.64. The topological polar surface area (TPSA) is 71.3 Å². The van der Waals surface area contributed by atoms with Crippen LogP contribution in [0.4, 0.5) is 10.5 Å². The van der Waals surface area contributed by atoms with Crippen LogP contribution >= 0.6 is 0 Å². The van der Waals surface area contributed by atoms with E-state index in [0.717, 1.165) is 43.4 Å². The number of rotatable bonds is 3. The van der Waals surface area contributed by atoms with E-state index in [1.54, 1.807) is 6.92 Å². The van der Waals surface area contributed by atoms with Crippen molar-refractivity contribution in [2.75, 3.05) is 11.9 Å². The summed E-state index contributed by atoms with van der Waals surface area (Å²) in [6.07, 6.45) is 4.91. The van der Waals surface area contributed by atoms with Gasteiger partial charge in [0.2, 0.25) is 5.89 Å². The first-order chi connectivity index (χ1) is 11.7. The number of para-hydroxylation sites is 1. The third-order valence-electron chi connectivity index (χ3n) is 4.49. The lowest BCUT2D eigenvalue weighted by molar-refractivity contribution is 0.184. The van der Waals surface area contributed by atoms with Gasteiger partial charge in [-0.2, -0.15) is 4.98 Å². The van der Waals surface area contributed by atoms with Gasteiger partial charge in [-0.3, -0.25) is 0 Å². The van der Waals surface area contributed by atoms with Crippen LogP contribution in [0.5, 0.6) is 0 Å². The summed E-state index contributed by atoms with van der Waals surface area (Å²) >= 11 is 0. The van der Waals surface area contributed by atoms with Gasteiger partial charge in [0.25, 0.3) is 0 Å². The second-order valence-corrected chi connectivity index (χ2v) is 6.17. The molecule has 0 spiro atoms. The predicted octanol–water partition coefficient (Wildman–Crippen LogP) is 4.09. The van der Waals surface area contributed by atoms with Crippen molar-refractivity contribution in [1.82, 2.24) is 15.0 Å². The van der Waals surface area contributed by atoms with Gasteiger partial charge in [0.05, 0.1) is 6.04 Å². The molecular weight excluding hydrogens is 304 g/mol. The van der Waals surface area contributed by atoms with Crippen LogP contribution in [-0.4, -0.2) is 27.6 Å². The molecule has 1 N–H and O–H groups in total. The number of nitrogens with one attached hydrogen (secondary N) is 1. The van der Waals surface area contributed by atoms with Crippen molar-refractivity contribution in [3.05, 3.63) is 41.5 Å². The summed E-state index contributed by atoms with van der Waals surface area (Å²) in [5.41, 5.74) is 2.00. The highest BCUT2D eigenvalue weighted by Crippen LogP contribution is 2.29. The van der Waals surface area contributed by atoms with Crippen molar-refractivity contribution in [3.8, 4) is 0 Å². The zero-order chi connectivity index (χ0) is 16.9. The van der Waals surface area contributed by atoms with Crippen LogP contribution in [0.25, 0.3) is 0 Å². The number of hydrogen-bond donors (Lipinski definition) is 1. The van der Waals surface area contributed by atoms with Crippen molar-refractivity contribution < 1.29 is 9.32 Å². The Labute approximate surface area is 142 Å². The Morgan fingerprint density at radius 1 is 1.33 bits per heavy atom. The van der Waals surface area contributed by atoms with Gasteiger partial charge in [0.15, 0.2) is 5.82 Å². The molecular formula is C18H24N4O2. The Morgan fingerprint density at radius 2 is 2.17 bits per heavy atom. The molecule has 128 valence electrons. The molecule has 0 unspecified atom stereocenters. The lowest BCUT2D eigenvalue weighted by Crippen LogP contribution is -2.38. The van der Waals surface area contributed by atoms with Crippen LogP contribution in [0.3, 0.4) is 0 Å². The van der Waals surface area contributed by atoms with Crippen molar-refractivity contribution >= 4 is 11.7 Å². The fraction of sp³-hybridized carbons (Fsp3) is 0.500. The first kappa shape index (κ1) is 16.5. The Bertz CT molecular complexity index is 698. The predicted molar refractivity (Wildman–Crippen MR) is 91.8 cm³/mol. The van der Waals surface area contributed by atoms with Gasteiger partial charge in [-0.1, -0.05) is 43.1 Å². The van der Waals surface area contributed by atoms with Crippen LogP contribution in [0.15, 0.2) is 28.8 Å². The zero-order valence-electron chi connectivity index (χ0n) is 14.3. The van der Waals surface area contributed by atoms with Crippen molar-refractivity contribution in [2.45, 2.75) is 52.0 Å². The summed E-state index contributed by atoms with van der Waals surface area (Å²) in [6, 6.07) is 7.70. The van der Waals surface area contributed by atoms with Crippen LogP contribution in [-0.2, 0) is 6.42 Å². The third-order valence-corrected chi connectivity index (χ3v) is 4.49. The molecule has 2 amide bonds. The molecule has 1 atom stereocenters. The molecule has 24 heavy (non-hydrogen) atoms. The molecule has 6 nitrogen and oxygen atoms in total. The molecule has 0 saturated carbocycles. The van der Waals surface area contributed by atoms with Gasteiger partial charge >= 0.3 is 6.03 Å². The Kier molecular flexibility index (Phi) is 5.13. The number of hydrogen-bond acceptors (Lipinski definition) is 4. The van der Waals surface area contributed by atoms with E-state index in [1.807, 2.05) is 29.2 Å². The molecule has 0 radical (unpaired) electrons. The maximum Gasteiger partial charge on any atom is 0.322 e. The Hall–Kier alpha value is -2.37. The van der Waals surface area contributed by atoms with Crippen molar-refractivity contribution in [2.24, 2.45) is 0 Å². The van der Waals surface area contributed by atoms with Crippen LogP contribution in [0.2, 0.25) is 0 Å². The van der Waals surface area contributed by atoms with E-state index >= 15 is 0 Å². The summed E-state index contributed by atoms with van der Waals surface area (Å²) in [5.74, 6) is 1.14.